The van der Waals surface area contributed by atoms with Crippen LogP contribution in [0.25, 0.3) is 0 Å². The second-order valence-electron chi connectivity index (χ2n) is 7.50. The van der Waals surface area contributed by atoms with Crippen LogP contribution in [0.5, 0.6) is 0 Å². The first-order valence-electron chi connectivity index (χ1n) is 7.42. The number of nitrogens with one attached hydrogen (secondary N) is 1. The fourth-order valence-corrected chi connectivity index (χ4v) is 4.69. The summed E-state index contributed by atoms with van der Waals surface area (Å²) in [7, 11) is 0. The van der Waals surface area contributed by atoms with Gasteiger partial charge in [-0.15, -0.1) is 0 Å². The van der Waals surface area contributed by atoms with Crippen LogP contribution in [0.3, 0.4) is 0 Å². The highest BCUT2D eigenvalue weighted by molar-refractivity contribution is 5.02. The van der Waals surface area contributed by atoms with Gasteiger partial charge in [0, 0.05) is 12.1 Å². The number of rotatable bonds is 3. The van der Waals surface area contributed by atoms with Crippen molar-refractivity contribution >= 4 is 0 Å². The van der Waals surface area contributed by atoms with Gasteiger partial charge in [0.2, 0.25) is 0 Å². The van der Waals surface area contributed by atoms with Gasteiger partial charge in [0.05, 0.1) is 5.60 Å². The minimum Gasteiger partial charge on any atom is -0.389 e. The van der Waals surface area contributed by atoms with E-state index in [0.717, 1.165) is 23.7 Å². The average Bonchev–Trinajstić information content (AvgIpc) is 2.20. The van der Waals surface area contributed by atoms with E-state index in [1.54, 1.807) is 0 Å². The van der Waals surface area contributed by atoms with Crippen molar-refractivity contribution in [1.29, 1.82) is 0 Å². The highest BCUT2D eigenvalue weighted by atomic mass is 16.3. The lowest BCUT2D eigenvalue weighted by molar-refractivity contribution is -0.0351. The predicted octanol–water partition coefficient (Wildman–Crippen LogP) is 2.56. The Morgan fingerprint density at radius 1 is 1.00 bits per heavy atom. The summed E-state index contributed by atoms with van der Waals surface area (Å²) in [6.07, 6.45) is 7.31. The molecule has 4 aliphatic carbocycles. The molecule has 0 aromatic heterocycles. The van der Waals surface area contributed by atoms with Crippen molar-refractivity contribution in [3.63, 3.8) is 0 Å². The Hall–Kier alpha value is -0.0800. The van der Waals surface area contributed by atoms with Crippen molar-refractivity contribution < 1.29 is 5.11 Å². The van der Waals surface area contributed by atoms with Crippen LogP contribution in [0.1, 0.15) is 52.9 Å². The van der Waals surface area contributed by atoms with Crippen LogP contribution in [-0.2, 0) is 0 Å². The van der Waals surface area contributed by atoms with Gasteiger partial charge in [-0.3, -0.25) is 0 Å². The molecule has 4 rings (SSSR count). The molecule has 4 bridgehead atoms. The maximum atomic E-state index is 10.1. The molecule has 1 atom stereocenters. The van der Waals surface area contributed by atoms with Gasteiger partial charge in [0.15, 0.2) is 0 Å². The summed E-state index contributed by atoms with van der Waals surface area (Å²) < 4.78 is 0. The highest BCUT2D eigenvalue weighted by Crippen LogP contribution is 2.53. The molecule has 2 heteroatoms. The molecule has 0 amide bonds. The van der Waals surface area contributed by atoms with Crippen molar-refractivity contribution in [3.05, 3.63) is 0 Å². The molecule has 2 nitrogen and oxygen atoms in total. The van der Waals surface area contributed by atoms with Crippen molar-refractivity contribution in [2.45, 2.75) is 70.6 Å². The van der Waals surface area contributed by atoms with Gasteiger partial charge in [0.1, 0.15) is 0 Å². The monoisotopic (exact) mass is 237 g/mol. The van der Waals surface area contributed by atoms with Crippen molar-refractivity contribution in [2.75, 3.05) is 0 Å². The maximum Gasteiger partial charge on any atom is 0.0741 e. The van der Waals surface area contributed by atoms with E-state index in [-0.39, 0.29) is 6.04 Å². The molecule has 0 radical (unpaired) electrons. The molecule has 1 unspecified atom stereocenters. The fourth-order valence-electron chi connectivity index (χ4n) is 4.69. The van der Waals surface area contributed by atoms with E-state index < -0.39 is 5.60 Å². The van der Waals surface area contributed by atoms with Crippen LogP contribution in [0, 0.1) is 23.7 Å². The largest absolute Gasteiger partial charge is 0.389 e. The van der Waals surface area contributed by atoms with E-state index in [9.17, 15) is 5.11 Å². The van der Waals surface area contributed by atoms with E-state index in [1.807, 2.05) is 13.8 Å². The molecule has 0 aliphatic heterocycles. The lowest BCUT2D eigenvalue weighted by atomic mass is 9.54. The summed E-state index contributed by atoms with van der Waals surface area (Å²) >= 11 is 0. The second kappa shape index (κ2) is 3.96. The van der Waals surface area contributed by atoms with E-state index in [0.29, 0.717) is 6.04 Å². The minimum atomic E-state index is -0.603. The summed E-state index contributed by atoms with van der Waals surface area (Å²) in [5.74, 6) is 3.87. The third-order valence-electron chi connectivity index (χ3n) is 5.73. The first-order chi connectivity index (χ1) is 7.93. The molecule has 0 saturated heterocycles. The zero-order valence-corrected chi connectivity index (χ0v) is 11.4. The topological polar surface area (TPSA) is 32.3 Å². The molecule has 4 saturated carbocycles. The molecule has 0 spiro atoms. The summed E-state index contributed by atoms with van der Waals surface area (Å²) in [6.45, 7) is 5.96. The Bertz CT molecular complexity index is 266. The molecular weight excluding hydrogens is 210 g/mol. The summed E-state index contributed by atoms with van der Waals surface area (Å²) in [4.78, 5) is 0. The Kier molecular flexibility index (Phi) is 2.79. The number of hydrogen-bond donors (Lipinski definition) is 2. The fraction of sp³-hybridized carbons (Fsp3) is 1.00. The molecule has 0 aromatic carbocycles. The molecule has 0 aromatic rings. The zero-order valence-electron chi connectivity index (χ0n) is 11.4. The first-order valence-corrected chi connectivity index (χ1v) is 7.42. The standard InChI is InChI=1S/C15H27NO/c1-9(15(2,3)17)16-14-12-5-10-4-11(7-12)8-13(14)6-10/h9-14,16-17H,4-8H2,1-3H3. The number of hydrogen-bond acceptors (Lipinski definition) is 2. The van der Waals surface area contributed by atoms with E-state index in [4.69, 9.17) is 0 Å². The van der Waals surface area contributed by atoms with Gasteiger partial charge >= 0.3 is 0 Å². The number of aliphatic hydroxyl groups is 1. The third kappa shape index (κ3) is 2.15. The van der Waals surface area contributed by atoms with E-state index in [2.05, 4.69) is 12.2 Å². The summed E-state index contributed by atoms with van der Waals surface area (Å²) in [5.41, 5.74) is -0.603. The Morgan fingerprint density at radius 2 is 1.47 bits per heavy atom. The highest BCUT2D eigenvalue weighted by Gasteiger charge is 2.48. The van der Waals surface area contributed by atoms with Gasteiger partial charge in [-0.1, -0.05) is 0 Å². The van der Waals surface area contributed by atoms with Gasteiger partial charge in [-0.05, 0) is 76.5 Å². The first kappa shape index (κ1) is 12.0. The van der Waals surface area contributed by atoms with Crippen LogP contribution in [0.2, 0.25) is 0 Å². The van der Waals surface area contributed by atoms with E-state index in [1.165, 1.54) is 32.1 Å². The quantitative estimate of drug-likeness (QED) is 0.790. The van der Waals surface area contributed by atoms with Crippen molar-refractivity contribution in [3.8, 4) is 0 Å². The van der Waals surface area contributed by atoms with Crippen LogP contribution >= 0.6 is 0 Å². The molecule has 2 N–H and O–H groups in total. The van der Waals surface area contributed by atoms with Gasteiger partial charge in [-0.2, -0.15) is 0 Å². The Labute approximate surface area is 105 Å². The van der Waals surface area contributed by atoms with Crippen molar-refractivity contribution in [1.82, 2.24) is 5.32 Å². The molecule has 0 heterocycles. The maximum absolute atomic E-state index is 10.1. The van der Waals surface area contributed by atoms with Crippen LogP contribution in [0.4, 0.5) is 0 Å². The second-order valence-corrected chi connectivity index (χ2v) is 7.50. The third-order valence-corrected chi connectivity index (χ3v) is 5.73. The van der Waals surface area contributed by atoms with Gasteiger partial charge < -0.3 is 10.4 Å². The van der Waals surface area contributed by atoms with Crippen LogP contribution in [0.15, 0.2) is 0 Å². The van der Waals surface area contributed by atoms with Gasteiger partial charge in [0.25, 0.3) is 0 Å². The molecule has 17 heavy (non-hydrogen) atoms. The lowest BCUT2D eigenvalue weighted by Gasteiger charge is -2.55. The van der Waals surface area contributed by atoms with Gasteiger partial charge in [-0.25, -0.2) is 0 Å². The van der Waals surface area contributed by atoms with Crippen LogP contribution < -0.4 is 5.32 Å². The zero-order chi connectivity index (χ0) is 12.2. The Balaban J connectivity index is 1.68. The molecule has 98 valence electrons. The normalized spacial score (nSPS) is 46.2. The average molecular weight is 237 g/mol. The predicted molar refractivity (Wildman–Crippen MR) is 69.7 cm³/mol. The van der Waals surface area contributed by atoms with E-state index >= 15 is 0 Å². The molecular formula is C15H27NO. The summed E-state index contributed by atoms with van der Waals surface area (Å²) in [6, 6.07) is 0.884. The molecule has 4 aliphatic rings. The van der Waals surface area contributed by atoms with Crippen molar-refractivity contribution in [2.24, 2.45) is 23.7 Å². The summed E-state index contributed by atoms with van der Waals surface area (Å²) in [5, 5.41) is 13.8. The SMILES string of the molecule is CC(NC1C2CC3CC(C2)CC1C3)C(C)(C)O. The molecule has 4 fully saturated rings. The smallest absolute Gasteiger partial charge is 0.0741 e. The van der Waals surface area contributed by atoms with Crippen LogP contribution in [-0.4, -0.2) is 22.8 Å². The Morgan fingerprint density at radius 3 is 1.88 bits per heavy atom. The lowest BCUT2D eigenvalue weighted by Crippen LogP contribution is -2.59. The minimum absolute atomic E-state index is 0.199.